The predicted octanol–water partition coefficient (Wildman–Crippen LogP) is 3.43. The quantitative estimate of drug-likeness (QED) is 0.852. The topological polar surface area (TPSA) is 66.4 Å². The summed E-state index contributed by atoms with van der Waals surface area (Å²) in [7, 11) is 0. The minimum absolute atomic E-state index is 0.342. The van der Waals surface area contributed by atoms with Crippen molar-refractivity contribution in [2.45, 2.75) is 19.0 Å². The van der Waals surface area contributed by atoms with Crippen molar-refractivity contribution >= 4 is 33.5 Å². The van der Waals surface area contributed by atoms with Crippen molar-refractivity contribution in [2.24, 2.45) is 5.92 Å². The number of alkyl halides is 3. The van der Waals surface area contributed by atoms with E-state index in [-0.39, 0.29) is 0 Å². The highest BCUT2D eigenvalue weighted by molar-refractivity contribution is 9.10. The molecule has 0 aliphatic carbocycles. The monoisotopic (exact) mass is 353 g/mol. The smallest absolute Gasteiger partial charge is 0.392 e. The van der Waals surface area contributed by atoms with Crippen molar-refractivity contribution in [3.63, 3.8) is 0 Å². The van der Waals surface area contributed by atoms with Gasteiger partial charge in [-0.15, -0.1) is 0 Å². The summed E-state index contributed by atoms with van der Waals surface area (Å²) in [5.74, 6) is -4.67. The van der Waals surface area contributed by atoms with Crippen molar-refractivity contribution < 1.29 is 27.9 Å². The number of carbonyl (C=O) groups is 2. The Morgan fingerprint density at radius 1 is 1.20 bits per heavy atom. The first-order valence-corrected chi connectivity index (χ1v) is 6.31. The van der Waals surface area contributed by atoms with Crippen molar-refractivity contribution in [3.05, 3.63) is 28.7 Å². The minimum atomic E-state index is -4.73. The highest BCUT2D eigenvalue weighted by atomic mass is 79.9. The van der Waals surface area contributed by atoms with Crippen molar-refractivity contribution in [1.82, 2.24) is 0 Å². The van der Waals surface area contributed by atoms with Crippen LogP contribution in [-0.4, -0.2) is 23.2 Å². The molecule has 1 amide bonds. The fourth-order valence-corrected chi connectivity index (χ4v) is 1.75. The lowest BCUT2D eigenvalue weighted by Gasteiger charge is -2.18. The summed E-state index contributed by atoms with van der Waals surface area (Å²) in [5.41, 5.74) is 0.342. The molecule has 0 bridgehead atoms. The van der Waals surface area contributed by atoms with Gasteiger partial charge in [-0.2, -0.15) is 13.2 Å². The number of carboxylic acid groups (broad SMARTS) is 1. The van der Waals surface area contributed by atoms with Gasteiger partial charge in [-0.1, -0.05) is 15.9 Å². The third-order valence-corrected chi connectivity index (χ3v) is 2.97. The van der Waals surface area contributed by atoms with Crippen LogP contribution >= 0.6 is 15.9 Å². The summed E-state index contributed by atoms with van der Waals surface area (Å²) in [6.07, 6.45) is -6.78. The standard InChI is InChI=1S/C12H11BrF3NO3/c13-8-1-3-9(4-2-8)17-10(18)5-7(6-11(19)20)12(14,15)16/h1-4,7H,5-6H2,(H,17,18)(H,19,20). The molecule has 1 aromatic rings. The third kappa shape index (κ3) is 5.60. The first-order chi connectivity index (χ1) is 9.18. The molecule has 1 rings (SSSR count). The van der Waals surface area contributed by atoms with Crippen LogP contribution in [0.25, 0.3) is 0 Å². The lowest BCUT2D eigenvalue weighted by atomic mass is 10.0. The van der Waals surface area contributed by atoms with E-state index in [2.05, 4.69) is 21.2 Å². The molecular formula is C12H11BrF3NO3. The van der Waals surface area contributed by atoms with Gasteiger partial charge in [0.25, 0.3) is 0 Å². The van der Waals surface area contributed by atoms with Crippen LogP contribution in [-0.2, 0) is 9.59 Å². The molecule has 1 aromatic carbocycles. The van der Waals surface area contributed by atoms with E-state index in [1.54, 1.807) is 12.1 Å². The van der Waals surface area contributed by atoms with E-state index in [0.717, 1.165) is 4.47 Å². The van der Waals surface area contributed by atoms with Gasteiger partial charge in [0, 0.05) is 16.6 Å². The molecule has 110 valence electrons. The number of carboxylic acids is 1. The number of aliphatic carboxylic acids is 1. The molecule has 0 saturated heterocycles. The minimum Gasteiger partial charge on any atom is -0.481 e. The van der Waals surface area contributed by atoms with E-state index >= 15 is 0 Å². The Hall–Kier alpha value is -1.57. The summed E-state index contributed by atoms with van der Waals surface area (Å²) >= 11 is 3.18. The van der Waals surface area contributed by atoms with Crippen LogP contribution < -0.4 is 5.32 Å². The van der Waals surface area contributed by atoms with Gasteiger partial charge < -0.3 is 10.4 Å². The number of amides is 1. The average Bonchev–Trinajstić information content (AvgIpc) is 2.29. The molecular weight excluding hydrogens is 343 g/mol. The number of halogens is 4. The van der Waals surface area contributed by atoms with Crippen LogP contribution in [0.15, 0.2) is 28.7 Å². The second-order valence-electron chi connectivity index (χ2n) is 4.10. The molecule has 0 saturated carbocycles. The van der Waals surface area contributed by atoms with Crippen LogP contribution in [0.1, 0.15) is 12.8 Å². The molecule has 0 radical (unpaired) electrons. The van der Waals surface area contributed by atoms with E-state index in [1.807, 2.05) is 0 Å². The van der Waals surface area contributed by atoms with Crippen LogP contribution in [0.2, 0.25) is 0 Å². The molecule has 0 fully saturated rings. The molecule has 0 aromatic heterocycles. The van der Waals surface area contributed by atoms with Crippen LogP contribution in [0, 0.1) is 5.92 Å². The number of hydrogen-bond donors (Lipinski definition) is 2. The maximum Gasteiger partial charge on any atom is 0.392 e. The number of rotatable bonds is 5. The molecule has 8 heteroatoms. The molecule has 20 heavy (non-hydrogen) atoms. The zero-order chi connectivity index (χ0) is 15.3. The molecule has 0 aliphatic heterocycles. The van der Waals surface area contributed by atoms with Gasteiger partial charge in [0.2, 0.25) is 5.91 Å². The maximum atomic E-state index is 12.6. The number of hydrogen-bond acceptors (Lipinski definition) is 2. The highest BCUT2D eigenvalue weighted by Gasteiger charge is 2.42. The fraction of sp³-hybridized carbons (Fsp3) is 0.333. The Labute approximate surface area is 121 Å². The summed E-state index contributed by atoms with van der Waals surface area (Å²) in [6, 6.07) is 6.27. The van der Waals surface area contributed by atoms with Gasteiger partial charge >= 0.3 is 12.1 Å². The lowest BCUT2D eigenvalue weighted by molar-refractivity contribution is -0.185. The van der Waals surface area contributed by atoms with E-state index in [1.165, 1.54) is 12.1 Å². The first-order valence-electron chi connectivity index (χ1n) is 5.52. The van der Waals surface area contributed by atoms with Crippen molar-refractivity contribution in [3.8, 4) is 0 Å². The zero-order valence-corrected chi connectivity index (χ0v) is 11.7. The largest absolute Gasteiger partial charge is 0.481 e. The van der Waals surface area contributed by atoms with Gasteiger partial charge in [-0.05, 0) is 24.3 Å². The van der Waals surface area contributed by atoms with Gasteiger partial charge in [0.15, 0.2) is 0 Å². The zero-order valence-electron chi connectivity index (χ0n) is 10.1. The fourth-order valence-electron chi connectivity index (χ4n) is 1.48. The Kier molecular flexibility index (Phi) is 5.55. The SMILES string of the molecule is O=C(O)CC(CC(=O)Nc1ccc(Br)cc1)C(F)(F)F. The van der Waals surface area contributed by atoms with Crippen LogP contribution in [0.4, 0.5) is 18.9 Å². The predicted molar refractivity (Wildman–Crippen MR) is 69.2 cm³/mol. The van der Waals surface area contributed by atoms with E-state index in [9.17, 15) is 22.8 Å². The number of carbonyl (C=O) groups excluding carboxylic acids is 1. The number of nitrogens with one attached hydrogen (secondary N) is 1. The van der Waals surface area contributed by atoms with Gasteiger partial charge in [-0.25, -0.2) is 0 Å². The molecule has 1 unspecified atom stereocenters. The summed E-state index contributed by atoms with van der Waals surface area (Å²) in [4.78, 5) is 21.9. The van der Waals surface area contributed by atoms with E-state index < -0.39 is 36.8 Å². The molecule has 0 spiro atoms. The maximum absolute atomic E-state index is 12.6. The second-order valence-corrected chi connectivity index (χ2v) is 5.01. The van der Waals surface area contributed by atoms with Crippen molar-refractivity contribution in [1.29, 1.82) is 0 Å². The molecule has 0 aliphatic rings. The average molecular weight is 354 g/mol. The van der Waals surface area contributed by atoms with Gasteiger partial charge in [-0.3, -0.25) is 9.59 Å². The molecule has 2 N–H and O–H groups in total. The Morgan fingerprint density at radius 3 is 2.20 bits per heavy atom. The molecule has 0 heterocycles. The van der Waals surface area contributed by atoms with Gasteiger partial charge in [0.05, 0.1) is 12.3 Å². The van der Waals surface area contributed by atoms with E-state index in [4.69, 9.17) is 5.11 Å². The molecule has 4 nitrogen and oxygen atoms in total. The lowest BCUT2D eigenvalue weighted by Crippen LogP contribution is -2.30. The molecule has 1 atom stereocenters. The highest BCUT2D eigenvalue weighted by Crippen LogP contribution is 2.31. The summed E-state index contributed by atoms with van der Waals surface area (Å²) in [5, 5.41) is 10.7. The summed E-state index contributed by atoms with van der Waals surface area (Å²) in [6.45, 7) is 0. The first kappa shape index (κ1) is 16.5. The Morgan fingerprint density at radius 2 is 1.75 bits per heavy atom. The second kappa shape index (κ2) is 6.74. The number of anilines is 1. The Bertz CT molecular complexity index is 488. The van der Waals surface area contributed by atoms with E-state index in [0.29, 0.717) is 5.69 Å². The Balaban J connectivity index is 2.66. The normalized spacial score (nSPS) is 12.8. The summed E-state index contributed by atoms with van der Waals surface area (Å²) < 4.78 is 38.5. The van der Waals surface area contributed by atoms with Crippen molar-refractivity contribution in [2.75, 3.05) is 5.32 Å². The van der Waals surface area contributed by atoms with Crippen LogP contribution in [0.3, 0.4) is 0 Å². The number of benzene rings is 1. The third-order valence-electron chi connectivity index (χ3n) is 2.44. The van der Waals surface area contributed by atoms with Gasteiger partial charge in [0.1, 0.15) is 0 Å². The van der Waals surface area contributed by atoms with Crippen LogP contribution in [0.5, 0.6) is 0 Å².